The Morgan fingerprint density at radius 2 is 1.96 bits per heavy atom. The monoisotopic (exact) mass is 335 g/mol. The number of carbonyl (C=O) groups excluding carboxylic acids is 1. The number of hydrogen-bond acceptors (Lipinski definition) is 4. The fourth-order valence-corrected chi connectivity index (χ4v) is 2.55. The number of H-pyrrole nitrogens is 1. The van der Waals surface area contributed by atoms with Gasteiger partial charge in [-0.25, -0.2) is 4.98 Å². The van der Waals surface area contributed by atoms with Crippen LogP contribution in [0, 0.1) is 13.8 Å². The number of nitrogens with zero attached hydrogens (tertiary/aromatic N) is 4. The third kappa shape index (κ3) is 3.28. The highest BCUT2D eigenvalue weighted by Gasteiger charge is 2.18. The zero-order valence-electron chi connectivity index (χ0n) is 14.9. The summed E-state index contributed by atoms with van der Waals surface area (Å²) < 4.78 is 0. The van der Waals surface area contributed by atoms with Gasteiger partial charge in [-0.05, 0) is 44.5 Å². The molecule has 0 saturated heterocycles. The van der Waals surface area contributed by atoms with Crippen molar-refractivity contribution >= 4 is 5.91 Å². The number of imidazole rings is 1. The van der Waals surface area contributed by atoms with Gasteiger partial charge in [0, 0.05) is 43.4 Å². The maximum Gasteiger partial charge on any atom is 0.255 e. The van der Waals surface area contributed by atoms with Gasteiger partial charge in [0.2, 0.25) is 0 Å². The molecule has 128 valence electrons. The van der Waals surface area contributed by atoms with Crippen LogP contribution < -0.4 is 0 Å². The Balaban J connectivity index is 2.17. The van der Waals surface area contributed by atoms with E-state index >= 15 is 0 Å². The van der Waals surface area contributed by atoms with E-state index in [1.165, 1.54) is 0 Å². The van der Waals surface area contributed by atoms with Crippen LogP contribution in [0.1, 0.15) is 28.7 Å². The predicted octanol–water partition coefficient (Wildman–Crippen LogP) is 3.24. The number of carbonyl (C=O) groups is 1. The molecule has 0 unspecified atom stereocenters. The van der Waals surface area contributed by atoms with E-state index in [1.807, 2.05) is 39.0 Å². The highest BCUT2D eigenvalue weighted by atomic mass is 16.2. The Morgan fingerprint density at radius 1 is 1.24 bits per heavy atom. The molecule has 0 aliphatic carbocycles. The van der Waals surface area contributed by atoms with Gasteiger partial charge >= 0.3 is 0 Å². The van der Waals surface area contributed by atoms with E-state index in [1.54, 1.807) is 30.5 Å². The average molecular weight is 335 g/mol. The van der Waals surface area contributed by atoms with Crippen LogP contribution in [-0.4, -0.2) is 44.3 Å². The third-order valence-corrected chi connectivity index (χ3v) is 4.30. The SMILES string of the molecule is CCN(C)C(=O)c1cnc(-c2nc(C)c(C)[nH]2)c(-c2ccncc2)c1. The lowest BCUT2D eigenvalue weighted by atomic mass is 10.0. The summed E-state index contributed by atoms with van der Waals surface area (Å²) in [4.78, 5) is 30.6. The molecule has 0 saturated carbocycles. The molecule has 0 aliphatic rings. The van der Waals surface area contributed by atoms with E-state index in [4.69, 9.17) is 0 Å². The first kappa shape index (κ1) is 16.8. The maximum atomic E-state index is 12.5. The molecule has 0 spiro atoms. The molecule has 0 bridgehead atoms. The van der Waals surface area contributed by atoms with Crippen LogP contribution in [-0.2, 0) is 0 Å². The smallest absolute Gasteiger partial charge is 0.255 e. The second-order valence-corrected chi connectivity index (χ2v) is 5.97. The zero-order valence-corrected chi connectivity index (χ0v) is 14.9. The van der Waals surface area contributed by atoms with E-state index in [0.717, 1.165) is 28.2 Å². The van der Waals surface area contributed by atoms with Crippen molar-refractivity contribution in [1.82, 2.24) is 24.8 Å². The maximum absolute atomic E-state index is 12.5. The summed E-state index contributed by atoms with van der Waals surface area (Å²) in [6, 6.07) is 5.68. The van der Waals surface area contributed by atoms with Crippen LogP contribution in [0.5, 0.6) is 0 Å². The number of aryl methyl sites for hydroxylation is 2. The molecule has 0 aliphatic heterocycles. The van der Waals surface area contributed by atoms with Crippen molar-refractivity contribution in [3.63, 3.8) is 0 Å². The van der Waals surface area contributed by atoms with Crippen LogP contribution in [0.3, 0.4) is 0 Å². The average Bonchev–Trinajstić information content (AvgIpc) is 2.99. The van der Waals surface area contributed by atoms with Gasteiger partial charge in [0.25, 0.3) is 5.91 Å². The van der Waals surface area contributed by atoms with Crippen molar-refractivity contribution in [1.29, 1.82) is 0 Å². The number of aromatic nitrogens is 4. The van der Waals surface area contributed by atoms with Gasteiger partial charge in [0.1, 0.15) is 5.69 Å². The number of amides is 1. The lowest BCUT2D eigenvalue weighted by Crippen LogP contribution is -2.26. The quantitative estimate of drug-likeness (QED) is 0.794. The molecule has 6 heteroatoms. The summed E-state index contributed by atoms with van der Waals surface area (Å²) in [7, 11) is 1.78. The standard InChI is InChI=1S/C19H21N5O/c1-5-24(4)19(25)15-10-16(14-6-8-20-9-7-14)17(21-11-15)18-22-12(2)13(3)23-18/h6-11H,5H2,1-4H3,(H,22,23). The molecule has 25 heavy (non-hydrogen) atoms. The summed E-state index contributed by atoms with van der Waals surface area (Å²) in [5, 5.41) is 0. The van der Waals surface area contributed by atoms with E-state index in [-0.39, 0.29) is 5.91 Å². The van der Waals surface area contributed by atoms with Gasteiger partial charge in [-0.15, -0.1) is 0 Å². The highest BCUT2D eigenvalue weighted by molar-refractivity contribution is 5.96. The van der Waals surface area contributed by atoms with Crippen molar-refractivity contribution in [2.45, 2.75) is 20.8 Å². The minimum Gasteiger partial charge on any atom is -0.342 e. The topological polar surface area (TPSA) is 74.8 Å². The van der Waals surface area contributed by atoms with Gasteiger partial charge in [-0.1, -0.05) is 0 Å². The molecule has 6 nitrogen and oxygen atoms in total. The van der Waals surface area contributed by atoms with Crippen molar-refractivity contribution in [3.8, 4) is 22.6 Å². The van der Waals surface area contributed by atoms with E-state index < -0.39 is 0 Å². The van der Waals surface area contributed by atoms with Crippen LogP contribution in [0.25, 0.3) is 22.6 Å². The van der Waals surface area contributed by atoms with Gasteiger partial charge in [0.05, 0.1) is 11.3 Å². The number of aromatic amines is 1. The molecule has 1 amide bonds. The lowest BCUT2D eigenvalue weighted by molar-refractivity contribution is 0.0802. The minimum atomic E-state index is -0.0522. The fraction of sp³-hybridized carbons (Fsp3) is 0.263. The van der Waals surface area contributed by atoms with Crippen LogP contribution in [0.15, 0.2) is 36.8 Å². The van der Waals surface area contributed by atoms with Gasteiger partial charge in [-0.3, -0.25) is 14.8 Å². The van der Waals surface area contributed by atoms with E-state index in [2.05, 4.69) is 19.9 Å². The van der Waals surface area contributed by atoms with Crippen molar-refractivity contribution in [3.05, 3.63) is 53.7 Å². The summed E-state index contributed by atoms with van der Waals surface area (Å²) >= 11 is 0. The molecule has 0 atom stereocenters. The van der Waals surface area contributed by atoms with Gasteiger partial charge in [0.15, 0.2) is 5.82 Å². The Hall–Kier alpha value is -3.02. The second-order valence-electron chi connectivity index (χ2n) is 5.97. The Bertz CT molecular complexity index is 882. The first-order chi connectivity index (χ1) is 12.0. The largest absolute Gasteiger partial charge is 0.342 e. The van der Waals surface area contributed by atoms with Gasteiger partial charge in [-0.2, -0.15) is 0 Å². The number of rotatable bonds is 4. The summed E-state index contributed by atoms with van der Waals surface area (Å²) in [5.74, 6) is 0.647. The Morgan fingerprint density at radius 3 is 2.56 bits per heavy atom. The molecular weight excluding hydrogens is 314 g/mol. The molecule has 0 radical (unpaired) electrons. The minimum absolute atomic E-state index is 0.0522. The molecule has 3 heterocycles. The number of hydrogen-bond donors (Lipinski definition) is 1. The summed E-state index contributed by atoms with van der Waals surface area (Å²) in [5.41, 5.74) is 5.01. The van der Waals surface area contributed by atoms with Crippen molar-refractivity contribution in [2.24, 2.45) is 0 Å². The first-order valence-corrected chi connectivity index (χ1v) is 8.20. The molecule has 1 N–H and O–H groups in total. The molecular formula is C19H21N5O. The zero-order chi connectivity index (χ0) is 18.0. The summed E-state index contributed by atoms with van der Waals surface area (Å²) in [6.45, 7) is 6.52. The highest BCUT2D eigenvalue weighted by Crippen LogP contribution is 2.30. The van der Waals surface area contributed by atoms with Crippen molar-refractivity contribution < 1.29 is 4.79 Å². The van der Waals surface area contributed by atoms with Crippen LogP contribution in [0.4, 0.5) is 0 Å². The Labute approximate surface area is 147 Å². The van der Waals surface area contributed by atoms with Crippen LogP contribution >= 0.6 is 0 Å². The predicted molar refractivity (Wildman–Crippen MR) is 97.2 cm³/mol. The normalized spacial score (nSPS) is 10.7. The fourth-order valence-electron chi connectivity index (χ4n) is 2.55. The van der Waals surface area contributed by atoms with E-state index in [9.17, 15) is 4.79 Å². The Kier molecular flexibility index (Phi) is 4.61. The molecule has 3 rings (SSSR count). The first-order valence-electron chi connectivity index (χ1n) is 8.20. The van der Waals surface area contributed by atoms with Crippen LogP contribution in [0.2, 0.25) is 0 Å². The van der Waals surface area contributed by atoms with Crippen molar-refractivity contribution in [2.75, 3.05) is 13.6 Å². The molecule has 0 aromatic carbocycles. The number of nitrogens with one attached hydrogen (secondary N) is 1. The van der Waals surface area contributed by atoms with Gasteiger partial charge < -0.3 is 9.88 Å². The lowest BCUT2D eigenvalue weighted by Gasteiger charge is -2.16. The van der Waals surface area contributed by atoms with E-state index in [0.29, 0.717) is 17.9 Å². The number of pyridine rings is 2. The molecule has 3 aromatic rings. The third-order valence-electron chi connectivity index (χ3n) is 4.30. The summed E-state index contributed by atoms with van der Waals surface area (Å²) in [6.07, 6.45) is 5.07. The molecule has 0 fully saturated rings. The molecule has 3 aromatic heterocycles. The second kappa shape index (κ2) is 6.84.